The fourth-order valence-corrected chi connectivity index (χ4v) is 3.96. The maximum absolute atomic E-state index is 13.0. The van der Waals surface area contributed by atoms with Gasteiger partial charge in [0, 0.05) is 17.8 Å². The number of hydrogen-bond acceptors (Lipinski definition) is 4. The van der Waals surface area contributed by atoms with E-state index in [0.29, 0.717) is 11.9 Å². The van der Waals surface area contributed by atoms with Crippen molar-refractivity contribution in [2.24, 2.45) is 0 Å². The Morgan fingerprint density at radius 3 is 2.71 bits per heavy atom. The first-order valence-electron chi connectivity index (χ1n) is 9.21. The standard InChI is InChI=1S/C22H24BN3OS/c1-14-9-15(10-16-12-17(23)13-25-20(14)16)11-18(28-4)21(27)26-22(2,3)19-7-5-6-8-24-19/h5-10,12-13,18H,11H2,1-4H3,(H,26,27). The van der Waals surface area contributed by atoms with Gasteiger partial charge in [0.2, 0.25) is 5.91 Å². The summed E-state index contributed by atoms with van der Waals surface area (Å²) in [5.74, 6) is 0.00611. The van der Waals surface area contributed by atoms with Gasteiger partial charge in [0.25, 0.3) is 0 Å². The molecule has 0 spiro atoms. The second-order valence-electron chi connectivity index (χ2n) is 7.51. The molecule has 1 aromatic carbocycles. The Bertz CT molecular complexity index is 992. The topological polar surface area (TPSA) is 54.9 Å². The number of pyridine rings is 2. The Hall–Kier alpha value is -2.34. The van der Waals surface area contributed by atoms with Gasteiger partial charge in [-0.25, -0.2) is 0 Å². The zero-order valence-electron chi connectivity index (χ0n) is 16.7. The van der Waals surface area contributed by atoms with Crippen molar-refractivity contribution in [3.05, 3.63) is 65.6 Å². The fraction of sp³-hybridized carbons (Fsp3) is 0.318. The summed E-state index contributed by atoms with van der Waals surface area (Å²) in [5, 5.41) is 3.95. The highest BCUT2D eigenvalue weighted by atomic mass is 32.2. The minimum Gasteiger partial charge on any atom is -0.345 e. The van der Waals surface area contributed by atoms with Crippen LogP contribution >= 0.6 is 11.8 Å². The lowest BCUT2D eigenvalue weighted by Gasteiger charge is -2.28. The summed E-state index contributed by atoms with van der Waals surface area (Å²) in [5.41, 5.74) is 4.07. The van der Waals surface area contributed by atoms with Crippen molar-refractivity contribution >= 4 is 41.9 Å². The number of rotatable bonds is 6. The molecule has 3 aromatic rings. The summed E-state index contributed by atoms with van der Waals surface area (Å²) in [6.07, 6.45) is 6.02. The predicted octanol–water partition coefficient (Wildman–Crippen LogP) is 3.06. The zero-order chi connectivity index (χ0) is 20.3. The van der Waals surface area contributed by atoms with Gasteiger partial charge in [-0.05, 0) is 62.8 Å². The molecule has 1 unspecified atom stereocenters. The highest BCUT2D eigenvalue weighted by molar-refractivity contribution is 7.99. The maximum Gasteiger partial charge on any atom is 0.234 e. The second-order valence-corrected chi connectivity index (χ2v) is 8.55. The molecule has 1 N–H and O–H groups in total. The van der Waals surface area contributed by atoms with Crippen molar-refractivity contribution in [3.8, 4) is 0 Å². The molecular weight excluding hydrogens is 365 g/mol. The smallest absolute Gasteiger partial charge is 0.234 e. The predicted molar refractivity (Wildman–Crippen MR) is 118 cm³/mol. The van der Waals surface area contributed by atoms with E-state index < -0.39 is 5.54 Å². The van der Waals surface area contributed by atoms with Crippen LogP contribution < -0.4 is 10.8 Å². The Kier molecular flexibility index (Phi) is 6.09. The van der Waals surface area contributed by atoms with Crippen LogP contribution in [0.15, 0.2) is 48.8 Å². The van der Waals surface area contributed by atoms with Crippen LogP contribution in [0.4, 0.5) is 0 Å². The van der Waals surface area contributed by atoms with E-state index in [9.17, 15) is 4.79 Å². The summed E-state index contributed by atoms with van der Waals surface area (Å²) in [4.78, 5) is 21.8. The van der Waals surface area contributed by atoms with E-state index in [-0.39, 0.29) is 11.2 Å². The first kappa shape index (κ1) is 20.4. The first-order valence-corrected chi connectivity index (χ1v) is 10.5. The first-order chi connectivity index (χ1) is 13.3. The van der Waals surface area contributed by atoms with E-state index in [2.05, 4.69) is 27.4 Å². The molecule has 0 saturated carbocycles. The molecule has 2 heterocycles. The summed E-state index contributed by atoms with van der Waals surface area (Å²) < 4.78 is 0. The number of thioether (sulfide) groups is 1. The number of fused-ring (bicyclic) bond motifs is 1. The van der Waals surface area contributed by atoms with E-state index in [1.165, 1.54) is 0 Å². The Morgan fingerprint density at radius 2 is 2.04 bits per heavy atom. The molecule has 142 valence electrons. The van der Waals surface area contributed by atoms with Crippen LogP contribution in [0, 0.1) is 6.92 Å². The number of carbonyl (C=O) groups excluding carboxylic acids is 1. The molecule has 4 nitrogen and oxygen atoms in total. The lowest BCUT2D eigenvalue weighted by Crippen LogP contribution is -2.46. The monoisotopic (exact) mass is 389 g/mol. The highest BCUT2D eigenvalue weighted by Gasteiger charge is 2.28. The number of aromatic nitrogens is 2. The molecule has 0 fully saturated rings. The lowest BCUT2D eigenvalue weighted by atomic mass is 9.94. The molecule has 1 atom stereocenters. The minimum absolute atomic E-state index is 0.00611. The molecule has 0 aliphatic carbocycles. The van der Waals surface area contributed by atoms with Gasteiger partial charge in [-0.1, -0.05) is 23.7 Å². The van der Waals surface area contributed by atoms with Crippen molar-refractivity contribution in [1.29, 1.82) is 0 Å². The molecule has 0 bridgehead atoms. The van der Waals surface area contributed by atoms with E-state index in [1.54, 1.807) is 24.2 Å². The third-order valence-electron chi connectivity index (χ3n) is 4.79. The van der Waals surface area contributed by atoms with Crippen LogP contribution in [0.3, 0.4) is 0 Å². The molecule has 6 heteroatoms. The van der Waals surface area contributed by atoms with Gasteiger partial charge in [-0.15, -0.1) is 0 Å². The molecule has 1 amide bonds. The summed E-state index contributed by atoms with van der Waals surface area (Å²) in [6, 6.07) is 11.8. The van der Waals surface area contributed by atoms with Crippen molar-refractivity contribution in [2.75, 3.05) is 6.26 Å². The summed E-state index contributed by atoms with van der Waals surface area (Å²) in [7, 11) is 5.89. The van der Waals surface area contributed by atoms with Gasteiger partial charge in [-0.2, -0.15) is 11.8 Å². The molecule has 0 aliphatic rings. The fourth-order valence-electron chi connectivity index (χ4n) is 3.33. The quantitative estimate of drug-likeness (QED) is 0.659. The molecule has 2 radical (unpaired) electrons. The third-order valence-corrected chi connectivity index (χ3v) is 5.74. The summed E-state index contributed by atoms with van der Waals surface area (Å²) in [6.45, 7) is 5.98. The van der Waals surface area contributed by atoms with Crippen LogP contribution in [0.25, 0.3) is 10.9 Å². The van der Waals surface area contributed by atoms with Gasteiger partial charge < -0.3 is 5.32 Å². The summed E-state index contributed by atoms with van der Waals surface area (Å²) >= 11 is 1.55. The van der Waals surface area contributed by atoms with Crippen LogP contribution in [0.2, 0.25) is 0 Å². The van der Waals surface area contributed by atoms with Gasteiger partial charge in [0.1, 0.15) is 7.85 Å². The maximum atomic E-state index is 13.0. The van der Waals surface area contributed by atoms with Crippen molar-refractivity contribution in [2.45, 2.75) is 38.0 Å². The number of hydrogen-bond donors (Lipinski definition) is 1. The lowest BCUT2D eigenvalue weighted by molar-refractivity contribution is -0.122. The number of amides is 1. The van der Waals surface area contributed by atoms with Crippen LogP contribution in [0.1, 0.15) is 30.7 Å². The zero-order valence-corrected chi connectivity index (χ0v) is 17.5. The number of nitrogens with zero attached hydrogens (tertiary/aromatic N) is 2. The van der Waals surface area contributed by atoms with Crippen LogP contribution in [-0.2, 0) is 16.8 Å². The van der Waals surface area contributed by atoms with Gasteiger partial charge in [-0.3, -0.25) is 14.8 Å². The van der Waals surface area contributed by atoms with E-state index in [1.807, 2.05) is 51.3 Å². The molecular formula is C22H24BN3OS. The van der Waals surface area contributed by atoms with Crippen molar-refractivity contribution in [1.82, 2.24) is 15.3 Å². The molecule has 0 aliphatic heterocycles. The average molecular weight is 389 g/mol. The van der Waals surface area contributed by atoms with Gasteiger partial charge in [0.05, 0.1) is 22.0 Å². The van der Waals surface area contributed by atoms with E-state index in [0.717, 1.165) is 27.7 Å². The second kappa shape index (κ2) is 8.35. The van der Waals surface area contributed by atoms with Crippen LogP contribution in [0.5, 0.6) is 0 Å². The van der Waals surface area contributed by atoms with Crippen LogP contribution in [-0.4, -0.2) is 35.2 Å². The molecule has 0 saturated heterocycles. The number of benzene rings is 1. The van der Waals surface area contributed by atoms with E-state index >= 15 is 0 Å². The van der Waals surface area contributed by atoms with Crippen molar-refractivity contribution in [3.63, 3.8) is 0 Å². The van der Waals surface area contributed by atoms with E-state index in [4.69, 9.17) is 7.85 Å². The number of nitrogens with one attached hydrogen (secondary N) is 1. The number of aryl methyl sites for hydroxylation is 1. The average Bonchev–Trinajstić information content (AvgIpc) is 2.66. The largest absolute Gasteiger partial charge is 0.345 e. The van der Waals surface area contributed by atoms with Crippen molar-refractivity contribution < 1.29 is 4.79 Å². The minimum atomic E-state index is -0.538. The Morgan fingerprint density at radius 1 is 1.25 bits per heavy atom. The Labute approximate surface area is 172 Å². The van der Waals surface area contributed by atoms with Gasteiger partial charge in [0.15, 0.2) is 0 Å². The Balaban J connectivity index is 1.80. The molecule has 28 heavy (non-hydrogen) atoms. The highest BCUT2D eigenvalue weighted by Crippen LogP contribution is 2.23. The third kappa shape index (κ3) is 4.55. The molecule has 3 rings (SSSR count). The molecule has 2 aromatic heterocycles. The SMILES string of the molecule is [B]c1cnc2c(C)cc(CC(SC)C(=O)NC(C)(C)c3ccccn3)cc2c1. The normalized spacial score (nSPS) is 12.7. The van der Waals surface area contributed by atoms with Gasteiger partial charge >= 0.3 is 0 Å². The number of carbonyl (C=O) groups is 1.